The minimum atomic E-state index is -0.677. The van der Waals surface area contributed by atoms with Gasteiger partial charge in [-0.2, -0.15) is 0 Å². The molecule has 0 aliphatic rings. The van der Waals surface area contributed by atoms with Crippen LogP contribution in [-0.4, -0.2) is 40.7 Å². The molecule has 6 nitrogen and oxygen atoms in total. The number of hydrazine groups is 1. The molecule has 0 fully saturated rings. The van der Waals surface area contributed by atoms with Crippen LogP contribution in [0.2, 0.25) is 0 Å². The van der Waals surface area contributed by atoms with Crippen molar-refractivity contribution in [2.45, 2.75) is 39.7 Å². The summed E-state index contributed by atoms with van der Waals surface area (Å²) in [5.41, 5.74) is 3.06. The predicted octanol–water partition coefficient (Wildman–Crippen LogP) is 2.23. The van der Waals surface area contributed by atoms with Crippen molar-refractivity contribution >= 4 is 23.7 Å². The SMILES string of the molecule is CCC(C)(C)C(=O)OCCN(O)NC(Cc1ccccc1)C(=O)S. The molecule has 1 aromatic carbocycles. The van der Waals surface area contributed by atoms with Gasteiger partial charge < -0.3 is 4.74 Å². The normalized spacial score (nSPS) is 12.9. The number of ether oxygens (including phenoxy) is 1. The zero-order valence-electron chi connectivity index (χ0n) is 14.4. The topological polar surface area (TPSA) is 78.9 Å². The zero-order chi connectivity index (χ0) is 18.2. The van der Waals surface area contributed by atoms with Crippen LogP contribution in [0.15, 0.2) is 30.3 Å². The van der Waals surface area contributed by atoms with E-state index in [1.165, 1.54) is 0 Å². The lowest BCUT2D eigenvalue weighted by Crippen LogP contribution is -2.48. The lowest BCUT2D eigenvalue weighted by Gasteiger charge is -2.24. The molecule has 1 unspecified atom stereocenters. The first-order valence-corrected chi connectivity index (χ1v) is 8.37. The van der Waals surface area contributed by atoms with Gasteiger partial charge in [0.15, 0.2) is 0 Å². The Balaban J connectivity index is 2.44. The largest absolute Gasteiger partial charge is 0.464 e. The molecule has 0 saturated carbocycles. The molecule has 0 saturated heterocycles. The molecule has 134 valence electrons. The number of hydrogen-bond donors (Lipinski definition) is 3. The average Bonchev–Trinajstić information content (AvgIpc) is 2.54. The summed E-state index contributed by atoms with van der Waals surface area (Å²) in [4.78, 5) is 23.5. The minimum Gasteiger partial charge on any atom is -0.464 e. The Morgan fingerprint density at radius 1 is 1.33 bits per heavy atom. The molecule has 24 heavy (non-hydrogen) atoms. The highest BCUT2D eigenvalue weighted by Crippen LogP contribution is 2.21. The van der Waals surface area contributed by atoms with Crippen LogP contribution < -0.4 is 5.43 Å². The molecule has 0 radical (unpaired) electrons. The highest BCUT2D eigenvalue weighted by Gasteiger charge is 2.27. The fraction of sp³-hybridized carbons (Fsp3) is 0.529. The van der Waals surface area contributed by atoms with Crippen molar-refractivity contribution in [2.75, 3.05) is 13.2 Å². The van der Waals surface area contributed by atoms with Crippen molar-refractivity contribution in [3.05, 3.63) is 35.9 Å². The van der Waals surface area contributed by atoms with Crippen LogP contribution in [0.25, 0.3) is 0 Å². The lowest BCUT2D eigenvalue weighted by atomic mass is 9.91. The summed E-state index contributed by atoms with van der Waals surface area (Å²) in [7, 11) is 0. The summed E-state index contributed by atoms with van der Waals surface area (Å²) >= 11 is 3.85. The van der Waals surface area contributed by atoms with Gasteiger partial charge in [0.2, 0.25) is 5.12 Å². The summed E-state index contributed by atoms with van der Waals surface area (Å²) in [6.45, 7) is 5.58. The van der Waals surface area contributed by atoms with E-state index in [4.69, 9.17) is 4.74 Å². The van der Waals surface area contributed by atoms with Gasteiger partial charge in [0.25, 0.3) is 0 Å². The standard InChI is InChI=1S/C17H26N2O4S/c1-4-17(2,3)16(21)23-11-10-19(22)18-14(15(20)24)12-13-8-6-5-7-9-13/h5-9,14,18,22H,4,10-12H2,1-3H3,(H,20,24). The van der Waals surface area contributed by atoms with Gasteiger partial charge in [0, 0.05) is 0 Å². The maximum Gasteiger partial charge on any atom is 0.311 e. The Kier molecular flexibility index (Phi) is 8.41. The third kappa shape index (κ3) is 7.00. The molecule has 0 amide bonds. The van der Waals surface area contributed by atoms with Crippen molar-refractivity contribution < 1.29 is 19.5 Å². The molecular weight excluding hydrogens is 328 g/mol. The van der Waals surface area contributed by atoms with Crippen LogP contribution in [-0.2, 0) is 20.7 Å². The van der Waals surface area contributed by atoms with E-state index in [1.807, 2.05) is 37.3 Å². The second-order valence-corrected chi connectivity index (χ2v) is 6.65. The Morgan fingerprint density at radius 3 is 2.50 bits per heavy atom. The minimum absolute atomic E-state index is 0.0184. The number of nitrogens with one attached hydrogen (secondary N) is 1. The van der Waals surface area contributed by atoms with E-state index in [9.17, 15) is 14.8 Å². The van der Waals surface area contributed by atoms with Gasteiger partial charge in [0.1, 0.15) is 6.61 Å². The van der Waals surface area contributed by atoms with Crippen molar-refractivity contribution in [1.29, 1.82) is 0 Å². The molecule has 7 heteroatoms. The van der Waals surface area contributed by atoms with E-state index in [0.29, 0.717) is 12.8 Å². The van der Waals surface area contributed by atoms with Crippen molar-refractivity contribution in [3.63, 3.8) is 0 Å². The first-order chi connectivity index (χ1) is 11.3. The summed E-state index contributed by atoms with van der Waals surface area (Å²) < 4.78 is 5.14. The van der Waals surface area contributed by atoms with E-state index in [1.54, 1.807) is 13.8 Å². The molecule has 0 aliphatic carbocycles. The third-order valence-corrected chi connectivity index (χ3v) is 4.17. The van der Waals surface area contributed by atoms with Crippen molar-refractivity contribution in [3.8, 4) is 0 Å². The number of esters is 1. The predicted molar refractivity (Wildman–Crippen MR) is 94.6 cm³/mol. The first-order valence-electron chi connectivity index (χ1n) is 7.92. The van der Waals surface area contributed by atoms with E-state index in [-0.39, 0.29) is 24.2 Å². The van der Waals surface area contributed by atoms with Gasteiger partial charge in [0.05, 0.1) is 18.0 Å². The van der Waals surface area contributed by atoms with Crippen LogP contribution in [0.5, 0.6) is 0 Å². The first kappa shape index (κ1) is 20.6. The van der Waals surface area contributed by atoms with Gasteiger partial charge in [-0.05, 0) is 32.3 Å². The summed E-state index contributed by atoms with van der Waals surface area (Å²) in [6.07, 6.45) is 1.06. The Hall–Kier alpha value is -1.41. The highest BCUT2D eigenvalue weighted by atomic mass is 32.1. The van der Waals surface area contributed by atoms with E-state index < -0.39 is 11.5 Å². The molecule has 0 spiro atoms. The Bertz CT molecular complexity index is 537. The fourth-order valence-corrected chi connectivity index (χ4v) is 2.00. The monoisotopic (exact) mass is 354 g/mol. The van der Waals surface area contributed by atoms with Crippen molar-refractivity contribution in [2.24, 2.45) is 5.41 Å². The van der Waals surface area contributed by atoms with E-state index in [0.717, 1.165) is 10.7 Å². The smallest absolute Gasteiger partial charge is 0.311 e. The average molecular weight is 354 g/mol. The molecule has 1 aromatic rings. The number of thiol groups is 1. The summed E-state index contributed by atoms with van der Waals surface area (Å²) in [5.74, 6) is -0.315. The van der Waals surface area contributed by atoms with Gasteiger partial charge >= 0.3 is 5.97 Å². The van der Waals surface area contributed by atoms with E-state index >= 15 is 0 Å². The summed E-state index contributed by atoms with van der Waals surface area (Å²) in [6, 6.07) is 8.74. The van der Waals surface area contributed by atoms with Gasteiger partial charge in [-0.25, -0.2) is 5.43 Å². The summed E-state index contributed by atoms with van der Waals surface area (Å²) in [5, 5.41) is 10.2. The molecule has 1 atom stereocenters. The highest BCUT2D eigenvalue weighted by molar-refractivity contribution is 7.96. The lowest BCUT2D eigenvalue weighted by molar-refractivity contribution is -0.171. The quantitative estimate of drug-likeness (QED) is 0.340. The number of benzene rings is 1. The van der Waals surface area contributed by atoms with Crippen LogP contribution >= 0.6 is 12.6 Å². The number of nitrogens with zero attached hydrogens (tertiary/aromatic N) is 1. The molecular formula is C17H26N2O4S. The molecule has 0 aliphatic heterocycles. The molecule has 0 heterocycles. The van der Waals surface area contributed by atoms with Crippen molar-refractivity contribution in [1.82, 2.24) is 10.6 Å². The molecule has 1 rings (SSSR count). The van der Waals surface area contributed by atoms with Crippen LogP contribution in [0, 0.1) is 5.41 Å². The van der Waals surface area contributed by atoms with Gasteiger partial charge in [-0.15, -0.1) is 17.8 Å². The number of rotatable bonds is 10. The third-order valence-electron chi connectivity index (χ3n) is 3.86. The van der Waals surface area contributed by atoms with Crippen LogP contribution in [0.1, 0.15) is 32.8 Å². The zero-order valence-corrected chi connectivity index (χ0v) is 15.3. The number of hydroxylamine groups is 1. The second kappa shape index (κ2) is 9.78. The fourth-order valence-electron chi connectivity index (χ4n) is 1.85. The Labute approximate surface area is 148 Å². The number of carbonyl (C=O) groups is 2. The molecule has 0 aromatic heterocycles. The van der Waals surface area contributed by atoms with Crippen LogP contribution in [0.3, 0.4) is 0 Å². The van der Waals surface area contributed by atoms with Gasteiger partial charge in [-0.1, -0.05) is 37.3 Å². The molecule has 0 bridgehead atoms. The maximum atomic E-state index is 11.8. The Morgan fingerprint density at radius 2 is 1.96 bits per heavy atom. The maximum absolute atomic E-state index is 11.8. The molecule has 2 N–H and O–H groups in total. The number of carbonyl (C=O) groups excluding carboxylic acids is 2. The van der Waals surface area contributed by atoms with E-state index in [2.05, 4.69) is 18.1 Å². The number of hydrogen-bond acceptors (Lipinski definition) is 6. The van der Waals surface area contributed by atoms with Crippen LogP contribution in [0.4, 0.5) is 0 Å². The van der Waals surface area contributed by atoms with Gasteiger partial charge in [-0.3, -0.25) is 14.8 Å². The second-order valence-electron chi connectivity index (χ2n) is 6.21.